The van der Waals surface area contributed by atoms with Crippen molar-refractivity contribution in [1.29, 1.82) is 0 Å². The molecule has 0 radical (unpaired) electrons. The zero-order valence-electron chi connectivity index (χ0n) is 9.76. The summed E-state index contributed by atoms with van der Waals surface area (Å²) < 4.78 is 1.65. The van der Waals surface area contributed by atoms with Crippen LogP contribution < -0.4 is 5.73 Å². The minimum Gasteiger partial charge on any atom is -0.322 e. The third kappa shape index (κ3) is 2.45. The van der Waals surface area contributed by atoms with Crippen LogP contribution in [0, 0.1) is 6.92 Å². The Bertz CT molecular complexity index is 508. The predicted molar refractivity (Wildman–Crippen MR) is 65.6 cm³/mol. The Morgan fingerprint density at radius 1 is 1.53 bits per heavy atom. The van der Waals surface area contributed by atoms with Crippen LogP contribution >= 0.6 is 11.6 Å². The number of hydrogen-bond acceptors (Lipinski definition) is 4. The van der Waals surface area contributed by atoms with Gasteiger partial charge >= 0.3 is 0 Å². The summed E-state index contributed by atoms with van der Waals surface area (Å²) in [5.74, 6) is 0. The second-order valence-corrected chi connectivity index (χ2v) is 4.28. The maximum absolute atomic E-state index is 6.16. The Morgan fingerprint density at radius 2 is 2.29 bits per heavy atom. The average molecular weight is 252 g/mol. The Balaban J connectivity index is 2.22. The highest BCUT2D eigenvalue weighted by Crippen LogP contribution is 2.23. The highest BCUT2D eigenvalue weighted by atomic mass is 35.5. The average Bonchev–Trinajstić information content (AvgIpc) is 2.57. The van der Waals surface area contributed by atoms with Crippen molar-refractivity contribution in [2.75, 3.05) is 0 Å². The molecular formula is C11H14ClN5. The first-order valence-corrected chi connectivity index (χ1v) is 5.67. The van der Waals surface area contributed by atoms with Gasteiger partial charge in [-0.1, -0.05) is 11.6 Å². The molecule has 2 aromatic rings. The summed E-state index contributed by atoms with van der Waals surface area (Å²) in [6, 6.07) is 1.61. The summed E-state index contributed by atoms with van der Waals surface area (Å²) in [5.41, 5.74) is 8.77. The van der Waals surface area contributed by atoms with Crippen molar-refractivity contribution in [2.24, 2.45) is 12.8 Å². The fraction of sp³-hybridized carbons (Fsp3) is 0.364. The monoisotopic (exact) mass is 251 g/mol. The molecule has 5 nitrogen and oxygen atoms in total. The van der Waals surface area contributed by atoms with Gasteiger partial charge in [0.15, 0.2) is 0 Å². The maximum Gasteiger partial charge on any atom is 0.130 e. The molecule has 2 aromatic heterocycles. The first-order chi connectivity index (χ1) is 8.09. The van der Waals surface area contributed by atoms with Crippen molar-refractivity contribution in [3.8, 4) is 0 Å². The molecule has 2 heterocycles. The van der Waals surface area contributed by atoms with Crippen LogP contribution in [0.25, 0.3) is 0 Å². The number of nitrogens with two attached hydrogens (primary N) is 1. The Kier molecular flexibility index (Phi) is 3.40. The zero-order valence-corrected chi connectivity index (χ0v) is 10.5. The third-order valence-electron chi connectivity index (χ3n) is 2.68. The molecular weight excluding hydrogens is 238 g/mol. The maximum atomic E-state index is 6.16. The van der Waals surface area contributed by atoms with E-state index in [0.717, 1.165) is 17.0 Å². The molecule has 1 atom stereocenters. The molecule has 6 heteroatoms. The number of aryl methyl sites for hydroxylation is 2. The van der Waals surface area contributed by atoms with E-state index in [4.69, 9.17) is 17.3 Å². The van der Waals surface area contributed by atoms with Gasteiger partial charge in [-0.25, -0.2) is 9.97 Å². The molecule has 2 rings (SSSR count). The van der Waals surface area contributed by atoms with E-state index < -0.39 is 0 Å². The molecule has 0 fully saturated rings. The van der Waals surface area contributed by atoms with Crippen molar-refractivity contribution in [3.63, 3.8) is 0 Å². The molecule has 0 aliphatic carbocycles. The van der Waals surface area contributed by atoms with Gasteiger partial charge in [0.05, 0.1) is 17.4 Å². The summed E-state index contributed by atoms with van der Waals surface area (Å²) in [7, 11) is 1.81. The van der Waals surface area contributed by atoms with Crippen LogP contribution in [-0.2, 0) is 13.5 Å². The lowest BCUT2D eigenvalue weighted by atomic mass is 10.0. The van der Waals surface area contributed by atoms with Crippen molar-refractivity contribution in [1.82, 2.24) is 19.7 Å². The van der Waals surface area contributed by atoms with Gasteiger partial charge in [-0.2, -0.15) is 5.10 Å². The van der Waals surface area contributed by atoms with Gasteiger partial charge in [0.25, 0.3) is 0 Å². The van der Waals surface area contributed by atoms with Gasteiger partial charge in [-0.3, -0.25) is 4.68 Å². The van der Waals surface area contributed by atoms with Crippen LogP contribution in [0.1, 0.15) is 23.0 Å². The lowest BCUT2D eigenvalue weighted by Gasteiger charge is -2.10. The lowest BCUT2D eigenvalue weighted by Crippen LogP contribution is -2.15. The zero-order chi connectivity index (χ0) is 12.4. The van der Waals surface area contributed by atoms with Crippen LogP contribution in [-0.4, -0.2) is 19.7 Å². The molecule has 0 saturated heterocycles. The van der Waals surface area contributed by atoms with Gasteiger partial charge in [0.1, 0.15) is 11.5 Å². The number of hydrogen-bond donors (Lipinski definition) is 1. The minimum absolute atomic E-state index is 0.196. The second kappa shape index (κ2) is 4.81. The van der Waals surface area contributed by atoms with Crippen LogP contribution in [0.15, 0.2) is 18.6 Å². The van der Waals surface area contributed by atoms with E-state index in [0.29, 0.717) is 11.6 Å². The van der Waals surface area contributed by atoms with Crippen LogP contribution in [0.4, 0.5) is 0 Å². The number of nitrogens with zero attached hydrogens (tertiary/aromatic N) is 4. The fourth-order valence-corrected chi connectivity index (χ4v) is 2.00. The van der Waals surface area contributed by atoms with Crippen LogP contribution in [0.5, 0.6) is 0 Å². The molecule has 0 amide bonds. The molecule has 90 valence electrons. The highest BCUT2D eigenvalue weighted by Gasteiger charge is 2.16. The summed E-state index contributed by atoms with van der Waals surface area (Å²) in [5, 5.41) is 4.89. The minimum atomic E-state index is -0.196. The first kappa shape index (κ1) is 12.0. The topological polar surface area (TPSA) is 69.6 Å². The summed E-state index contributed by atoms with van der Waals surface area (Å²) in [6.45, 7) is 1.92. The molecule has 0 aliphatic rings. The van der Waals surface area contributed by atoms with Crippen LogP contribution in [0.3, 0.4) is 0 Å². The van der Waals surface area contributed by atoms with Crippen molar-refractivity contribution < 1.29 is 0 Å². The highest BCUT2D eigenvalue weighted by molar-refractivity contribution is 6.30. The van der Waals surface area contributed by atoms with E-state index in [1.54, 1.807) is 10.9 Å². The van der Waals surface area contributed by atoms with Gasteiger partial charge in [0.2, 0.25) is 0 Å². The SMILES string of the molecule is Cc1nn(C)c(Cl)c1CC(N)c1ccncn1. The molecule has 0 bridgehead atoms. The van der Waals surface area contributed by atoms with E-state index in [9.17, 15) is 0 Å². The normalized spacial score (nSPS) is 12.7. The molecule has 0 aliphatic heterocycles. The quantitative estimate of drug-likeness (QED) is 0.896. The van der Waals surface area contributed by atoms with Gasteiger partial charge in [0, 0.05) is 18.8 Å². The largest absolute Gasteiger partial charge is 0.322 e. The van der Waals surface area contributed by atoms with Crippen molar-refractivity contribution in [2.45, 2.75) is 19.4 Å². The number of halogens is 1. The number of aromatic nitrogens is 4. The fourth-order valence-electron chi connectivity index (χ4n) is 1.75. The summed E-state index contributed by atoms with van der Waals surface area (Å²) in [4.78, 5) is 8.00. The molecule has 0 spiro atoms. The van der Waals surface area contributed by atoms with E-state index in [1.807, 2.05) is 20.0 Å². The van der Waals surface area contributed by atoms with Gasteiger partial charge in [-0.05, 0) is 19.4 Å². The Morgan fingerprint density at radius 3 is 2.82 bits per heavy atom. The standard InChI is InChI=1S/C11H14ClN5/c1-7-8(11(12)17(2)16-7)5-9(13)10-3-4-14-6-15-10/h3-4,6,9H,5,13H2,1-2H3. The summed E-state index contributed by atoms with van der Waals surface area (Å²) in [6.07, 6.45) is 3.79. The van der Waals surface area contributed by atoms with Gasteiger partial charge < -0.3 is 5.73 Å². The molecule has 2 N–H and O–H groups in total. The molecule has 0 saturated carbocycles. The smallest absolute Gasteiger partial charge is 0.130 e. The van der Waals surface area contributed by atoms with E-state index in [2.05, 4.69) is 15.1 Å². The van der Waals surface area contributed by atoms with E-state index in [-0.39, 0.29) is 6.04 Å². The van der Waals surface area contributed by atoms with E-state index >= 15 is 0 Å². The van der Waals surface area contributed by atoms with E-state index in [1.165, 1.54) is 6.33 Å². The predicted octanol–water partition coefficient (Wildman–Crippen LogP) is 1.41. The van der Waals surface area contributed by atoms with Crippen LogP contribution in [0.2, 0.25) is 5.15 Å². The Hall–Kier alpha value is -1.46. The van der Waals surface area contributed by atoms with Crippen molar-refractivity contribution in [3.05, 3.63) is 40.7 Å². The number of rotatable bonds is 3. The van der Waals surface area contributed by atoms with Crippen molar-refractivity contribution >= 4 is 11.6 Å². The first-order valence-electron chi connectivity index (χ1n) is 5.29. The Labute approximate surface area is 105 Å². The van der Waals surface area contributed by atoms with Gasteiger partial charge in [-0.15, -0.1) is 0 Å². The third-order valence-corrected chi connectivity index (χ3v) is 3.15. The summed E-state index contributed by atoms with van der Waals surface area (Å²) >= 11 is 6.16. The molecule has 1 unspecified atom stereocenters. The molecule has 17 heavy (non-hydrogen) atoms. The molecule has 0 aromatic carbocycles. The second-order valence-electron chi connectivity index (χ2n) is 3.92. The lowest BCUT2D eigenvalue weighted by molar-refractivity contribution is 0.690.